The second-order valence-electron chi connectivity index (χ2n) is 6.62. The van der Waals surface area contributed by atoms with E-state index >= 15 is 0 Å². The molecule has 1 N–H and O–H groups in total. The van der Waals surface area contributed by atoms with E-state index in [0.29, 0.717) is 18.8 Å². The molecule has 3 heterocycles. The summed E-state index contributed by atoms with van der Waals surface area (Å²) >= 11 is 1.60. The van der Waals surface area contributed by atoms with Crippen molar-refractivity contribution in [3.05, 3.63) is 40.2 Å². The van der Waals surface area contributed by atoms with Gasteiger partial charge in [0.25, 0.3) is 5.91 Å². The van der Waals surface area contributed by atoms with Crippen molar-refractivity contribution in [1.29, 1.82) is 0 Å². The van der Waals surface area contributed by atoms with Crippen molar-refractivity contribution in [3.63, 3.8) is 0 Å². The molecule has 6 nitrogen and oxygen atoms in total. The van der Waals surface area contributed by atoms with Crippen LogP contribution in [0.1, 0.15) is 53.9 Å². The largest absolute Gasteiger partial charge is 0.459 e. The van der Waals surface area contributed by atoms with Gasteiger partial charge in [-0.2, -0.15) is 0 Å². The first kappa shape index (κ1) is 17.7. The minimum Gasteiger partial charge on any atom is -0.459 e. The van der Waals surface area contributed by atoms with Crippen molar-refractivity contribution in [2.45, 2.75) is 39.2 Å². The summed E-state index contributed by atoms with van der Waals surface area (Å²) < 4.78 is 5.22. The van der Waals surface area contributed by atoms with Gasteiger partial charge >= 0.3 is 0 Å². The van der Waals surface area contributed by atoms with E-state index in [9.17, 15) is 9.59 Å². The molecule has 0 aromatic carbocycles. The number of thiazole rings is 1. The number of likely N-dealkylation sites (tertiary alicyclic amines) is 1. The molecule has 0 saturated carbocycles. The van der Waals surface area contributed by atoms with Crippen molar-refractivity contribution in [3.8, 4) is 0 Å². The number of hydrogen-bond donors (Lipinski definition) is 1. The third kappa shape index (κ3) is 4.28. The van der Waals surface area contributed by atoms with Crippen LogP contribution in [0.3, 0.4) is 0 Å². The van der Waals surface area contributed by atoms with Gasteiger partial charge in [0, 0.05) is 30.3 Å². The molecule has 2 aromatic heterocycles. The molecule has 2 aromatic rings. The number of furan rings is 1. The van der Waals surface area contributed by atoms with E-state index in [1.807, 2.05) is 24.1 Å². The van der Waals surface area contributed by atoms with Crippen LogP contribution < -0.4 is 5.32 Å². The maximum Gasteiger partial charge on any atom is 0.289 e. The Hall–Kier alpha value is -2.15. The van der Waals surface area contributed by atoms with Crippen LogP contribution in [0.15, 0.2) is 28.2 Å². The van der Waals surface area contributed by atoms with E-state index in [2.05, 4.69) is 10.3 Å². The summed E-state index contributed by atoms with van der Waals surface area (Å²) in [4.78, 5) is 30.6. The van der Waals surface area contributed by atoms with Crippen LogP contribution in [0.25, 0.3) is 0 Å². The Kier molecular flexibility index (Phi) is 5.53. The zero-order chi connectivity index (χ0) is 17.8. The third-order valence-corrected chi connectivity index (χ3v) is 5.38. The number of carbonyl (C=O) groups excluding carboxylic acids is 2. The quantitative estimate of drug-likeness (QED) is 0.888. The van der Waals surface area contributed by atoms with Gasteiger partial charge in [0.15, 0.2) is 5.76 Å². The molecule has 3 rings (SSSR count). The molecular weight excluding hydrogens is 338 g/mol. The van der Waals surface area contributed by atoms with Gasteiger partial charge in [-0.05, 0) is 25.0 Å². The lowest BCUT2D eigenvalue weighted by atomic mass is 9.98. The lowest BCUT2D eigenvalue weighted by Crippen LogP contribution is -2.39. The Balaban J connectivity index is 1.60. The molecule has 1 saturated heterocycles. The monoisotopic (exact) mass is 361 g/mol. The Morgan fingerprint density at radius 1 is 1.48 bits per heavy atom. The van der Waals surface area contributed by atoms with Gasteiger partial charge in [0.1, 0.15) is 0 Å². The summed E-state index contributed by atoms with van der Waals surface area (Å²) in [6.45, 7) is 5.60. The summed E-state index contributed by atoms with van der Waals surface area (Å²) in [7, 11) is 0. The van der Waals surface area contributed by atoms with Gasteiger partial charge in [-0.15, -0.1) is 11.3 Å². The first-order chi connectivity index (χ1) is 12.0. The van der Waals surface area contributed by atoms with E-state index < -0.39 is 0 Å². The van der Waals surface area contributed by atoms with Gasteiger partial charge in [-0.25, -0.2) is 4.98 Å². The van der Waals surface area contributed by atoms with Gasteiger partial charge < -0.3 is 14.6 Å². The van der Waals surface area contributed by atoms with Gasteiger partial charge in [-0.1, -0.05) is 13.8 Å². The molecule has 1 fully saturated rings. The fourth-order valence-electron chi connectivity index (χ4n) is 2.89. The van der Waals surface area contributed by atoms with Crippen LogP contribution in [0.5, 0.6) is 0 Å². The summed E-state index contributed by atoms with van der Waals surface area (Å²) in [5.74, 6) is 0.569. The number of hydrogen-bond acceptors (Lipinski definition) is 5. The smallest absolute Gasteiger partial charge is 0.289 e. The van der Waals surface area contributed by atoms with Crippen molar-refractivity contribution in [1.82, 2.24) is 15.2 Å². The average molecular weight is 361 g/mol. The van der Waals surface area contributed by atoms with Crippen LogP contribution in [-0.4, -0.2) is 34.8 Å². The maximum absolute atomic E-state index is 12.5. The summed E-state index contributed by atoms with van der Waals surface area (Å²) in [6.07, 6.45) is 3.50. The average Bonchev–Trinajstić information content (AvgIpc) is 3.30. The molecule has 7 heteroatoms. The number of rotatable bonds is 5. The second kappa shape index (κ2) is 7.82. The van der Waals surface area contributed by atoms with Crippen molar-refractivity contribution in [2.75, 3.05) is 13.1 Å². The highest BCUT2D eigenvalue weighted by molar-refractivity contribution is 7.09. The molecule has 1 unspecified atom stereocenters. The SMILES string of the molecule is CC(C)C(=O)NCc1csc(C2CCCN(C(=O)c3ccco3)C2)n1. The Morgan fingerprint density at radius 2 is 2.32 bits per heavy atom. The Labute approximate surface area is 151 Å². The van der Waals surface area contributed by atoms with Crippen molar-refractivity contribution in [2.24, 2.45) is 5.92 Å². The summed E-state index contributed by atoms with van der Waals surface area (Å²) in [5, 5.41) is 5.91. The molecule has 0 radical (unpaired) electrons. The van der Waals surface area contributed by atoms with Crippen LogP contribution in [-0.2, 0) is 11.3 Å². The lowest BCUT2D eigenvalue weighted by Gasteiger charge is -2.31. The number of piperidine rings is 1. The molecule has 134 valence electrons. The number of carbonyl (C=O) groups is 2. The fraction of sp³-hybridized carbons (Fsp3) is 0.500. The lowest BCUT2D eigenvalue weighted by molar-refractivity contribution is -0.124. The number of nitrogens with one attached hydrogen (secondary N) is 1. The van der Waals surface area contributed by atoms with E-state index in [1.165, 1.54) is 6.26 Å². The zero-order valence-electron chi connectivity index (χ0n) is 14.5. The molecule has 2 amide bonds. The van der Waals surface area contributed by atoms with Crippen LogP contribution >= 0.6 is 11.3 Å². The highest BCUT2D eigenvalue weighted by Crippen LogP contribution is 2.30. The molecule has 1 aliphatic heterocycles. The fourth-order valence-corrected chi connectivity index (χ4v) is 3.84. The number of aromatic nitrogens is 1. The van der Waals surface area contributed by atoms with Gasteiger partial charge in [0.2, 0.25) is 5.91 Å². The van der Waals surface area contributed by atoms with E-state index in [-0.39, 0.29) is 23.7 Å². The molecule has 0 spiro atoms. The third-order valence-electron chi connectivity index (χ3n) is 4.33. The Bertz CT molecular complexity index is 724. The van der Waals surface area contributed by atoms with Crippen molar-refractivity contribution >= 4 is 23.2 Å². The van der Waals surface area contributed by atoms with Gasteiger partial charge in [-0.3, -0.25) is 9.59 Å². The molecule has 1 atom stereocenters. The predicted octanol–water partition coefficient (Wildman–Crippen LogP) is 3.03. The highest BCUT2D eigenvalue weighted by atomic mass is 32.1. The minimum absolute atomic E-state index is 0.0300. The van der Waals surface area contributed by atoms with E-state index in [1.54, 1.807) is 23.5 Å². The predicted molar refractivity (Wildman–Crippen MR) is 95.4 cm³/mol. The van der Waals surface area contributed by atoms with Crippen LogP contribution in [0.2, 0.25) is 0 Å². The maximum atomic E-state index is 12.5. The molecule has 0 aliphatic carbocycles. The first-order valence-electron chi connectivity index (χ1n) is 8.59. The molecular formula is C18H23N3O3S. The van der Waals surface area contributed by atoms with Crippen LogP contribution in [0.4, 0.5) is 0 Å². The molecule has 1 aliphatic rings. The van der Waals surface area contributed by atoms with E-state index in [4.69, 9.17) is 4.42 Å². The highest BCUT2D eigenvalue weighted by Gasteiger charge is 2.28. The van der Waals surface area contributed by atoms with Crippen molar-refractivity contribution < 1.29 is 14.0 Å². The second-order valence-corrected chi connectivity index (χ2v) is 7.51. The standard InChI is InChI=1S/C18H23N3O3S/c1-12(2)16(22)19-9-14-11-25-17(20-14)13-5-3-7-21(10-13)18(23)15-6-4-8-24-15/h4,6,8,11-13H,3,5,7,9-10H2,1-2H3,(H,19,22). The normalized spacial score (nSPS) is 17.7. The summed E-state index contributed by atoms with van der Waals surface area (Å²) in [5.41, 5.74) is 0.878. The van der Waals surface area contributed by atoms with E-state index in [0.717, 1.165) is 30.1 Å². The summed E-state index contributed by atoms with van der Waals surface area (Å²) in [6, 6.07) is 3.43. The first-order valence-corrected chi connectivity index (χ1v) is 9.47. The number of nitrogens with zero attached hydrogens (tertiary/aromatic N) is 2. The minimum atomic E-state index is -0.0596. The molecule has 0 bridgehead atoms. The Morgan fingerprint density at radius 3 is 3.04 bits per heavy atom. The molecule has 25 heavy (non-hydrogen) atoms. The zero-order valence-corrected chi connectivity index (χ0v) is 15.3. The van der Waals surface area contributed by atoms with Crippen LogP contribution in [0, 0.1) is 5.92 Å². The van der Waals surface area contributed by atoms with Gasteiger partial charge in [0.05, 0.1) is 23.5 Å². The topological polar surface area (TPSA) is 75.4 Å². The number of amides is 2.